The van der Waals surface area contributed by atoms with Crippen LogP contribution in [0, 0.1) is 5.82 Å². The highest BCUT2D eigenvalue weighted by molar-refractivity contribution is 6.30. The van der Waals surface area contributed by atoms with E-state index in [1.807, 2.05) is 24.3 Å². The summed E-state index contributed by atoms with van der Waals surface area (Å²) in [7, 11) is 0. The number of halogens is 2. The fraction of sp³-hybridized carbons (Fsp3) is 0.400. The van der Waals surface area contributed by atoms with E-state index in [1.165, 1.54) is 12.1 Å². The summed E-state index contributed by atoms with van der Waals surface area (Å²) in [4.78, 5) is 2.22. The molecule has 1 aliphatic rings. The Balaban J connectivity index is 2.08. The first kappa shape index (κ1) is 18.0. The molecule has 2 aromatic rings. The molecule has 1 heterocycles. The van der Waals surface area contributed by atoms with E-state index < -0.39 is 11.2 Å². The van der Waals surface area contributed by atoms with Gasteiger partial charge in [-0.25, -0.2) is 4.39 Å². The second-order valence-electron chi connectivity index (χ2n) is 6.67. The van der Waals surface area contributed by atoms with Gasteiger partial charge in [0, 0.05) is 30.4 Å². The molecule has 0 saturated heterocycles. The Morgan fingerprint density at radius 3 is 2.68 bits per heavy atom. The average Bonchev–Trinajstić information content (AvgIpc) is 2.93. The molecule has 134 valence electrons. The lowest BCUT2D eigenvalue weighted by Crippen LogP contribution is -2.38. The number of nitrogens with zero attached hydrogens (tertiary/aromatic N) is 1. The second-order valence-corrected chi connectivity index (χ2v) is 7.08. The maximum absolute atomic E-state index is 14.1. The van der Waals surface area contributed by atoms with Crippen molar-refractivity contribution in [1.82, 2.24) is 0 Å². The number of benzene rings is 2. The molecular formula is C20H23ClFNO2. The van der Waals surface area contributed by atoms with E-state index in [2.05, 4.69) is 11.8 Å². The van der Waals surface area contributed by atoms with E-state index in [1.54, 1.807) is 0 Å². The molecule has 0 aliphatic carbocycles. The molecule has 0 saturated carbocycles. The molecule has 2 aromatic carbocycles. The highest BCUT2D eigenvalue weighted by Gasteiger charge is 2.45. The van der Waals surface area contributed by atoms with Gasteiger partial charge >= 0.3 is 0 Å². The third-order valence-electron chi connectivity index (χ3n) is 5.08. The topological polar surface area (TPSA) is 43.7 Å². The first-order valence-corrected chi connectivity index (χ1v) is 9.05. The summed E-state index contributed by atoms with van der Waals surface area (Å²) in [5.74, 6) is -0.685. The maximum atomic E-state index is 14.1. The van der Waals surface area contributed by atoms with E-state index in [4.69, 9.17) is 11.6 Å². The summed E-state index contributed by atoms with van der Waals surface area (Å²) in [5.41, 5.74) is 1.45. The monoisotopic (exact) mass is 363 g/mol. The number of unbranched alkanes of at least 4 members (excludes halogenated alkanes) is 2. The molecule has 2 N–H and O–H groups in total. The SMILES string of the molecule is CCCCCN1CC(CO)(c2cc(F)c(Cl)cc2O)c2ccccc21. The second kappa shape index (κ2) is 7.22. The highest BCUT2D eigenvalue weighted by Crippen LogP contribution is 2.48. The lowest BCUT2D eigenvalue weighted by Gasteiger charge is -2.30. The van der Waals surface area contributed by atoms with Crippen LogP contribution in [-0.2, 0) is 5.41 Å². The molecule has 1 unspecified atom stereocenters. The zero-order chi connectivity index (χ0) is 18.0. The van der Waals surface area contributed by atoms with Gasteiger partial charge in [-0.05, 0) is 24.1 Å². The van der Waals surface area contributed by atoms with Crippen LogP contribution in [0.4, 0.5) is 10.1 Å². The van der Waals surface area contributed by atoms with Crippen LogP contribution < -0.4 is 4.90 Å². The van der Waals surface area contributed by atoms with Gasteiger partial charge in [0.1, 0.15) is 11.6 Å². The molecule has 0 radical (unpaired) electrons. The zero-order valence-corrected chi connectivity index (χ0v) is 15.1. The van der Waals surface area contributed by atoms with Crippen LogP contribution in [0.2, 0.25) is 5.02 Å². The maximum Gasteiger partial charge on any atom is 0.142 e. The van der Waals surface area contributed by atoms with E-state index in [9.17, 15) is 14.6 Å². The van der Waals surface area contributed by atoms with E-state index >= 15 is 0 Å². The fourth-order valence-electron chi connectivity index (χ4n) is 3.77. The van der Waals surface area contributed by atoms with Crippen molar-refractivity contribution < 1.29 is 14.6 Å². The summed E-state index contributed by atoms with van der Waals surface area (Å²) in [6.07, 6.45) is 3.31. The van der Waals surface area contributed by atoms with Crippen LogP contribution in [0.5, 0.6) is 5.75 Å². The number of phenols is 1. The number of rotatable bonds is 6. The zero-order valence-electron chi connectivity index (χ0n) is 14.3. The molecule has 3 nitrogen and oxygen atoms in total. The van der Waals surface area contributed by atoms with Gasteiger partial charge in [0.2, 0.25) is 0 Å². The molecule has 1 aliphatic heterocycles. The van der Waals surface area contributed by atoms with Crippen LogP contribution in [0.15, 0.2) is 36.4 Å². The van der Waals surface area contributed by atoms with Gasteiger partial charge in [0.05, 0.1) is 17.0 Å². The van der Waals surface area contributed by atoms with Gasteiger partial charge in [0.25, 0.3) is 0 Å². The molecule has 3 rings (SSSR count). The molecule has 0 bridgehead atoms. The summed E-state index contributed by atoms with van der Waals surface area (Å²) in [6.45, 7) is 3.30. The summed E-state index contributed by atoms with van der Waals surface area (Å²) in [5, 5.41) is 20.6. The highest BCUT2D eigenvalue weighted by atomic mass is 35.5. The average molecular weight is 364 g/mol. The van der Waals surface area contributed by atoms with Crippen LogP contribution >= 0.6 is 11.6 Å². The van der Waals surface area contributed by atoms with Gasteiger partial charge in [-0.15, -0.1) is 0 Å². The fourth-order valence-corrected chi connectivity index (χ4v) is 3.93. The lowest BCUT2D eigenvalue weighted by molar-refractivity contribution is 0.224. The molecule has 0 spiro atoms. The number of phenolic OH excluding ortho intramolecular Hbond substituents is 1. The first-order chi connectivity index (χ1) is 12.0. The minimum Gasteiger partial charge on any atom is -0.508 e. The van der Waals surface area contributed by atoms with Crippen molar-refractivity contribution in [3.63, 3.8) is 0 Å². The molecule has 1 atom stereocenters. The third-order valence-corrected chi connectivity index (χ3v) is 5.37. The summed E-state index contributed by atoms with van der Waals surface area (Å²) < 4.78 is 14.1. The molecule has 25 heavy (non-hydrogen) atoms. The standard InChI is InChI=1S/C20H23ClFNO2/c1-2-3-6-9-23-12-20(13-24,14-7-4-5-8-18(14)23)15-10-17(22)16(21)11-19(15)25/h4-5,7-8,10-11,24-25H,2-3,6,9,12-13H2,1H3. The number of anilines is 1. The third kappa shape index (κ3) is 3.09. The quantitative estimate of drug-likeness (QED) is 0.744. The number of aliphatic hydroxyl groups excluding tert-OH is 1. The van der Waals surface area contributed by atoms with Crippen LogP contribution in [0.1, 0.15) is 37.3 Å². The van der Waals surface area contributed by atoms with Crippen LogP contribution in [-0.4, -0.2) is 29.9 Å². The van der Waals surface area contributed by atoms with Crippen molar-refractivity contribution in [2.24, 2.45) is 0 Å². The number of hydrogen-bond donors (Lipinski definition) is 2. The molecular weight excluding hydrogens is 341 g/mol. The normalized spacial score (nSPS) is 19.3. The Morgan fingerprint density at radius 1 is 1.20 bits per heavy atom. The van der Waals surface area contributed by atoms with Crippen molar-refractivity contribution >= 4 is 17.3 Å². The van der Waals surface area contributed by atoms with E-state index in [-0.39, 0.29) is 17.4 Å². The van der Waals surface area contributed by atoms with Crippen LogP contribution in [0.25, 0.3) is 0 Å². The molecule has 0 aromatic heterocycles. The molecule has 5 heteroatoms. The van der Waals surface area contributed by atoms with Crippen LogP contribution in [0.3, 0.4) is 0 Å². The van der Waals surface area contributed by atoms with Gasteiger partial charge in [-0.2, -0.15) is 0 Å². The number of fused-ring (bicyclic) bond motifs is 1. The van der Waals surface area contributed by atoms with Crippen molar-refractivity contribution in [3.8, 4) is 5.75 Å². The van der Waals surface area contributed by atoms with Crippen molar-refractivity contribution in [3.05, 3.63) is 58.4 Å². The number of hydrogen-bond acceptors (Lipinski definition) is 3. The van der Waals surface area contributed by atoms with Gasteiger partial charge < -0.3 is 15.1 Å². The predicted octanol–water partition coefficient (Wildman–Crippen LogP) is 4.47. The predicted molar refractivity (Wildman–Crippen MR) is 99.1 cm³/mol. The van der Waals surface area contributed by atoms with Crippen molar-refractivity contribution in [2.75, 3.05) is 24.6 Å². The Bertz CT molecular complexity index is 767. The Kier molecular flexibility index (Phi) is 5.21. The first-order valence-electron chi connectivity index (χ1n) is 8.67. The molecule has 0 amide bonds. The number of aromatic hydroxyl groups is 1. The molecule has 0 fully saturated rings. The number of para-hydroxylation sites is 1. The summed E-state index contributed by atoms with van der Waals surface area (Å²) >= 11 is 5.79. The van der Waals surface area contributed by atoms with Crippen molar-refractivity contribution in [1.29, 1.82) is 0 Å². The Labute approximate surface area is 152 Å². The Morgan fingerprint density at radius 2 is 1.96 bits per heavy atom. The van der Waals surface area contributed by atoms with E-state index in [0.29, 0.717) is 12.1 Å². The number of aliphatic hydroxyl groups is 1. The minimum absolute atomic E-state index is 0.0920. The van der Waals surface area contributed by atoms with Gasteiger partial charge in [0.15, 0.2) is 0 Å². The Hall–Kier alpha value is -1.78. The minimum atomic E-state index is -0.863. The summed E-state index contributed by atoms with van der Waals surface area (Å²) in [6, 6.07) is 10.3. The van der Waals surface area contributed by atoms with Gasteiger partial charge in [-0.1, -0.05) is 49.6 Å². The lowest BCUT2D eigenvalue weighted by atomic mass is 9.76. The smallest absolute Gasteiger partial charge is 0.142 e. The van der Waals surface area contributed by atoms with Crippen molar-refractivity contribution in [2.45, 2.75) is 31.6 Å². The largest absolute Gasteiger partial charge is 0.508 e. The van der Waals surface area contributed by atoms with Gasteiger partial charge in [-0.3, -0.25) is 0 Å². The van der Waals surface area contributed by atoms with E-state index in [0.717, 1.165) is 37.1 Å².